The number of aldehydes is 1. The molecule has 1 aliphatic rings. The first-order chi connectivity index (χ1) is 14.3. The number of rotatable bonds is 1. The molecule has 1 aliphatic heterocycles. The van der Waals surface area contributed by atoms with Crippen LogP contribution in [-0.2, 0) is 4.79 Å². The molecule has 0 amide bonds. The second-order valence-corrected chi connectivity index (χ2v) is 7.85. The van der Waals surface area contributed by atoms with Crippen LogP contribution in [-0.4, -0.2) is 6.29 Å². The lowest BCUT2D eigenvalue weighted by molar-refractivity contribution is -0.108. The zero-order valence-corrected chi connectivity index (χ0v) is 16.9. The van der Waals surface area contributed by atoms with E-state index in [9.17, 15) is 14.4 Å². The Bertz CT molecular complexity index is 1410. The van der Waals surface area contributed by atoms with E-state index in [-0.39, 0.29) is 22.6 Å². The highest BCUT2D eigenvalue weighted by molar-refractivity contribution is 5.94. The highest BCUT2D eigenvalue weighted by atomic mass is 16.5. The monoisotopic (exact) mass is 402 g/mol. The van der Waals surface area contributed by atoms with E-state index in [1.807, 2.05) is 39.8 Å². The van der Waals surface area contributed by atoms with Gasteiger partial charge in [0.2, 0.25) is 0 Å². The van der Waals surface area contributed by atoms with Gasteiger partial charge in [-0.3, -0.25) is 0 Å². The van der Waals surface area contributed by atoms with Crippen molar-refractivity contribution in [3.05, 3.63) is 78.5 Å². The summed E-state index contributed by atoms with van der Waals surface area (Å²) in [6.45, 7) is 7.72. The lowest BCUT2D eigenvalue weighted by atomic mass is 9.89. The number of aryl methyl sites for hydroxylation is 4. The number of hydrogen-bond acceptors (Lipinski definition) is 6. The van der Waals surface area contributed by atoms with Gasteiger partial charge in [0.1, 0.15) is 29.0 Å². The molecule has 3 heterocycles. The van der Waals surface area contributed by atoms with E-state index >= 15 is 0 Å². The first kappa shape index (κ1) is 18.4. The average molecular weight is 402 g/mol. The standard InChI is InChI=1S/C24H18O6/c1-10-5-14-17(7-12(10)3)28-23(26)19-16(9-25)20-22(30-21(14)19)15-6-11(2)13(4)8-18(15)29-24(20)27/h5-9,16H,1-4H3. The van der Waals surface area contributed by atoms with Crippen LogP contribution >= 0.6 is 0 Å². The fourth-order valence-corrected chi connectivity index (χ4v) is 4.03. The molecule has 2 aromatic carbocycles. The maximum absolute atomic E-state index is 12.8. The van der Waals surface area contributed by atoms with Crippen LogP contribution in [0.5, 0.6) is 11.5 Å². The number of fused-ring (bicyclic) bond motifs is 6. The van der Waals surface area contributed by atoms with Crippen molar-refractivity contribution in [2.24, 2.45) is 0 Å². The predicted molar refractivity (Wildman–Crippen MR) is 112 cm³/mol. The van der Waals surface area contributed by atoms with Gasteiger partial charge in [0.05, 0.1) is 27.8 Å². The molecule has 6 nitrogen and oxygen atoms in total. The van der Waals surface area contributed by atoms with Crippen molar-refractivity contribution in [2.45, 2.75) is 33.6 Å². The summed E-state index contributed by atoms with van der Waals surface area (Å²) in [5.74, 6) is -0.633. The normalized spacial score (nSPS) is 13.2. The van der Waals surface area contributed by atoms with E-state index in [0.29, 0.717) is 28.2 Å². The summed E-state index contributed by atoms with van der Waals surface area (Å²) in [7, 11) is 0. The van der Waals surface area contributed by atoms with Crippen molar-refractivity contribution in [3.8, 4) is 11.5 Å². The molecule has 0 radical (unpaired) electrons. The van der Waals surface area contributed by atoms with Crippen molar-refractivity contribution in [3.63, 3.8) is 0 Å². The highest BCUT2D eigenvalue weighted by Crippen LogP contribution is 2.47. The SMILES string of the molecule is Cc1cc2oc(=O)c3c(c2cc1C)Oc1c(c(=O)oc2cc(C)c(C)cc12)C3C=O. The maximum atomic E-state index is 12.8. The topological polar surface area (TPSA) is 86.7 Å². The minimum atomic E-state index is -1.13. The smallest absolute Gasteiger partial charge is 0.344 e. The van der Waals surface area contributed by atoms with E-state index in [4.69, 9.17) is 13.6 Å². The molecule has 0 bridgehead atoms. The second-order valence-electron chi connectivity index (χ2n) is 7.85. The van der Waals surface area contributed by atoms with Gasteiger partial charge in [-0.05, 0) is 74.2 Å². The first-order valence-corrected chi connectivity index (χ1v) is 9.59. The van der Waals surface area contributed by atoms with E-state index in [0.717, 1.165) is 22.3 Å². The van der Waals surface area contributed by atoms with E-state index in [1.54, 1.807) is 12.1 Å². The van der Waals surface area contributed by atoms with Gasteiger partial charge in [-0.25, -0.2) is 9.59 Å². The number of hydrogen-bond donors (Lipinski definition) is 0. The molecular formula is C24H18O6. The molecule has 0 aliphatic carbocycles. The number of carbonyl (C=O) groups is 1. The minimum Gasteiger partial charge on any atom is -0.455 e. The average Bonchev–Trinajstić information content (AvgIpc) is 2.70. The van der Waals surface area contributed by atoms with Gasteiger partial charge in [0, 0.05) is 0 Å². The number of benzene rings is 2. The molecule has 0 N–H and O–H groups in total. The summed E-state index contributed by atoms with van der Waals surface area (Å²) < 4.78 is 17.2. The summed E-state index contributed by atoms with van der Waals surface area (Å²) in [6, 6.07) is 7.27. The van der Waals surface area contributed by atoms with Gasteiger partial charge in [0.25, 0.3) is 0 Å². The molecule has 0 unspecified atom stereocenters. The van der Waals surface area contributed by atoms with Crippen LogP contribution in [0, 0.1) is 27.7 Å². The Labute approximate surface area is 170 Å². The van der Waals surface area contributed by atoms with Crippen molar-refractivity contribution in [2.75, 3.05) is 0 Å². The molecule has 0 saturated carbocycles. The molecular weight excluding hydrogens is 384 g/mol. The van der Waals surface area contributed by atoms with Crippen LogP contribution < -0.4 is 16.0 Å². The van der Waals surface area contributed by atoms with Gasteiger partial charge in [-0.2, -0.15) is 0 Å². The van der Waals surface area contributed by atoms with Crippen LogP contribution in [0.2, 0.25) is 0 Å². The van der Waals surface area contributed by atoms with Gasteiger partial charge in [0.15, 0.2) is 0 Å². The molecule has 30 heavy (non-hydrogen) atoms. The van der Waals surface area contributed by atoms with Crippen molar-refractivity contribution in [1.82, 2.24) is 0 Å². The Morgan fingerprint density at radius 2 is 1.10 bits per heavy atom. The van der Waals surface area contributed by atoms with Crippen molar-refractivity contribution in [1.29, 1.82) is 0 Å². The molecule has 150 valence electrons. The lowest BCUT2D eigenvalue weighted by Crippen LogP contribution is -2.26. The quantitative estimate of drug-likeness (QED) is 0.342. The summed E-state index contributed by atoms with van der Waals surface area (Å²) >= 11 is 0. The Balaban J connectivity index is 1.94. The highest BCUT2D eigenvalue weighted by Gasteiger charge is 2.37. The molecule has 6 heteroatoms. The number of ether oxygens (including phenoxy) is 1. The molecule has 4 aromatic rings. The third-order valence-electron chi connectivity index (χ3n) is 5.98. The van der Waals surface area contributed by atoms with Crippen molar-refractivity contribution < 1.29 is 18.4 Å². The fraction of sp³-hybridized carbons (Fsp3) is 0.208. The zero-order valence-electron chi connectivity index (χ0n) is 16.9. The molecule has 0 saturated heterocycles. The lowest BCUT2D eigenvalue weighted by Gasteiger charge is -2.25. The summed E-state index contributed by atoms with van der Waals surface area (Å²) in [4.78, 5) is 37.7. The zero-order chi connectivity index (χ0) is 21.3. The van der Waals surface area contributed by atoms with E-state index in [2.05, 4.69) is 0 Å². The Hall–Kier alpha value is -3.67. The van der Waals surface area contributed by atoms with Crippen LogP contribution in [0.3, 0.4) is 0 Å². The van der Waals surface area contributed by atoms with E-state index < -0.39 is 17.2 Å². The second kappa shape index (κ2) is 6.16. The third kappa shape index (κ3) is 2.40. The Morgan fingerprint density at radius 3 is 1.50 bits per heavy atom. The summed E-state index contributed by atoms with van der Waals surface area (Å²) in [5, 5.41) is 1.16. The van der Waals surface area contributed by atoms with Crippen molar-refractivity contribution >= 4 is 28.2 Å². The van der Waals surface area contributed by atoms with Crippen LogP contribution in [0.1, 0.15) is 39.3 Å². The first-order valence-electron chi connectivity index (χ1n) is 9.59. The molecule has 5 rings (SSSR count). The maximum Gasteiger partial charge on any atom is 0.344 e. The summed E-state index contributed by atoms with van der Waals surface area (Å²) in [5.41, 5.74) is 3.26. The van der Waals surface area contributed by atoms with Gasteiger partial charge < -0.3 is 18.4 Å². The predicted octanol–water partition coefficient (Wildman–Crippen LogP) is 4.57. The van der Waals surface area contributed by atoms with Gasteiger partial charge >= 0.3 is 11.3 Å². The molecule has 0 spiro atoms. The minimum absolute atomic E-state index is 0.0173. The number of carbonyl (C=O) groups excluding carboxylic acids is 1. The largest absolute Gasteiger partial charge is 0.455 e. The molecule has 2 aromatic heterocycles. The Kier molecular flexibility index (Phi) is 3.77. The molecule has 0 fully saturated rings. The van der Waals surface area contributed by atoms with Crippen LogP contribution in [0.25, 0.3) is 21.9 Å². The van der Waals surface area contributed by atoms with Gasteiger partial charge in [-0.1, -0.05) is 0 Å². The fourth-order valence-electron chi connectivity index (χ4n) is 4.03. The molecule has 0 atom stereocenters. The van der Waals surface area contributed by atoms with Gasteiger partial charge in [-0.15, -0.1) is 0 Å². The Morgan fingerprint density at radius 1 is 0.700 bits per heavy atom. The summed E-state index contributed by atoms with van der Waals surface area (Å²) in [6.07, 6.45) is 0.563. The van der Waals surface area contributed by atoms with Crippen LogP contribution in [0.4, 0.5) is 0 Å². The third-order valence-corrected chi connectivity index (χ3v) is 5.98. The van der Waals surface area contributed by atoms with Crippen LogP contribution in [0.15, 0.2) is 42.7 Å². The van der Waals surface area contributed by atoms with E-state index in [1.165, 1.54) is 0 Å².